The molecule has 1 nitrogen and oxygen atoms in total. The molecule has 1 unspecified atom stereocenters. The molecule has 1 aliphatic rings. The summed E-state index contributed by atoms with van der Waals surface area (Å²) < 4.78 is 5.30. The van der Waals surface area contributed by atoms with E-state index in [0.29, 0.717) is 5.41 Å². The van der Waals surface area contributed by atoms with Crippen LogP contribution in [-0.4, -0.2) is 7.11 Å². The molecule has 0 radical (unpaired) electrons. The highest BCUT2D eigenvalue weighted by atomic mass is 16.5. The van der Waals surface area contributed by atoms with Crippen LogP contribution in [0.4, 0.5) is 0 Å². The third-order valence-electron chi connectivity index (χ3n) is 3.59. The van der Waals surface area contributed by atoms with Crippen LogP contribution >= 0.6 is 0 Å². The fourth-order valence-electron chi connectivity index (χ4n) is 1.86. The third-order valence-corrected chi connectivity index (χ3v) is 3.59. The van der Waals surface area contributed by atoms with Gasteiger partial charge in [0.15, 0.2) is 0 Å². The SMILES string of the molecule is COC1=C(C)CC(C)(C(C)(C)C)C=C1. The maximum Gasteiger partial charge on any atom is 0.117 e. The van der Waals surface area contributed by atoms with Crippen molar-refractivity contribution in [1.29, 1.82) is 0 Å². The molecule has 1 atom stereocenters. The number of allylic oxidation sites excluding steroid dienone is 3. The molecule has 0 aliphatic heterocycles. The second kappa shape index (κ2) is 3.45. The summed E-state index contributed by atoms with van der Waals surface area (Å²) in [5.74, 6) is 1.03. The molecule has 0 fully saturated rings. The zero-order valence-corrected chi connectivity index (χ0v) is 10.3. The van der Waals surface area contributed by atoms with Crippen LogP contribution in [0.1, 0.15) is 41.0 Å². The molecule has 0 spiro atoms. The van der Waals surface area contributed by atoms with Gasteiger partial charge in [0.1, 0.15) is 5.76 Å². The molecule has 0 aromatic heterocycles. The first-order valence-electron chi connectivity index (χ1n) is 5.23. The minimum absolute atomic E-state index is 0.249. The largest absolute Gasteiger partial charge is 0.497 e. The second-order valence-corrected chi connectivity index (χ2v) is 5.53. The predicted molar refractivity (Wildman–Crippen MR) is 61.0 cm³/mol. The molecule has 0 bridgehead atoms. The second-order valence-electron chi connectivity index (χ2n) is 5.53. The Kier molecular flexibility index (Phi) is 2.80. The Morgan fingerprint density at radius 3 is 2.29 bits per heavy atom. The molecule has 0 amide bonds. The normalized spacial score (nSPS) is 28.1. The zero-order valence-electron chi connectivity index (χ0n) is 10.3. The lowest BCUT2D eigenvalue weighted by molar-refractivity contribution is 0.159. The standard InChI is InChI=1S/C13H22O/c1-10-9-13(5,12(2,3)4)8-7-11(10)14-6/h7-8H,9H2,1-6H3. The summed E-state index contributed by atoms with van der Waals surface area (Å²) >= 11 is 0. The maximum absolute atomic E-state index is 5.30. The summed E-state index contributed by atoms with van der Waals surface area (Å²) in [6.07, 6.45) is 5.50. The first-order chi connectivity index (χ1) is 6.30. The van der Waals surface area contributed by atoms with Crippen molar-refractivity contribution in [2.24, 2.45) is 10.8 Å². The van der Waals surface area contributed by atoms with E-state index in [1.165, 1.54) is 5.57 Å². The van der Waals surface area contributed by atoms with Crippen molar-refractivity contribution in [2.75, 3.05) is 7.11 Å². The van der Waals surface area contributed by atoms with Crippen molar-refractivity contribution >= 4 is 0 Å². The van der Waals surface area contributed by atoms with Crippen molar-refractivity contribution in [1.82, 2.24) is 0 Å². The van der Waals surface area contributed by atoms with E-state index in [0.717, 1.165) is 12.2 Å². The molecule has 0 saturated heterocycles. The summed E-state index contributed by atoms with van der Waals surface area (Å²) in [6.45, 7) is 11.4. The van der Waals surface area contributed by atoms with Gasteiger partial charge in [-0.3, -0.25) is 0 Å². The van der Waals surface area contributed by atoms with E-state index in [4.69, 9.17) is 4.74 Å². The summed E-state index contributed by atoms with van der Waals surface area (Å²) in [7, 11) is 1.74. The molecular formula is C13H22O. The van der Waals surface area contributed by atoms with Gasteiger partial charge in [-0.25, -0.2) is 0 Å². The number of rotatable bonds is 1. The average Bonchev–Trinajstić information content (AvgIpc) is 2.02. The lowest BCUT2D eigenvalue weighted by atomic mass is 9.63. The Bertz CT molecular complexity index is 278. The quantitative estimate of drug-likeness (QED) is 0.614. The van der Waals surface area contributed by atoms with Crippen LogP contribution < -0.4 is 0 Å². The van der Waals surface area contributed by atoms with E-state index in [-0.39, 0.29) is 5.41 Å². The van der Waals surface area contributed by atoms with E-state index in [1.807, 2.05) is 0 Å². The molecule has 0 aromatic carbocycles. The molecule has 14 heavy (non-hydrogen) atoms. The van der Waals surface area contributed by atoms with E-state index in [2.05, 4.69) is 46.8 Å². The number of methoxy groups -OCH3 is 1. The van der Waals surface area contributed by atoms with Crippen molar-refractivity contribution in [3.8, 4) is 0 Å². The van der Waals surface area contributed by atoms with Gasteiger partial charge >= 0.3 is 0 Å². The van der Waals surface area contributed by atoms with Crippen LogP contribution in [0.2, 0.25) is 0 Å². The van der Waals surface area contributed by atoms with Crippen LogP contribution in [-0.2, 0) is 4.74 Å². The highest BCUT2D eigenvalue weighted by Gasteiger charge is 2.37. The van der Waals surface area contributed by atoms with Crippen molar-refractivity contribution in [2.45, 2.75) is 41.0 Å². The van der Waals surface area contributed by atoms with E-state index >= 15 is 0 Å². The van der Waals surface area contributed by atoms with Gasteiger partial charge in [0.25, 0.3) is 0 Å². The van der Waals surface area contributed by atoms with E-state index < -0.39 is 0 Å². The maximum atomic E-state index is 5.30. The van der Waals surface area contributed by atoms with Crippen molar-refractivity contribution in [3.63, 3.8) is 0 Å². The fraction of sp³-hybridized carbons (Fsp3) is 0.692. The number of hydrogen-bond donors (Lipinski definition) is 0. The Hall–Kier alpha value is -0.720. The average molecular weight is 194 g/mol. The molecule has 80 valence electrons. The van der Waals surface area contributed by atoms with Crippen LogP contribution in [0.5, 0.6) is 0 Å². The van der Waals surface area contributed by atoms with Gasteiger partial charge in [-0.2, -0.15) is 0 Å². The Morgan fingerprint density at radius 1 is 1.36 bits per heavy atom. The fourth-order valence-corrected chi connectivity index (χ4v) is 1.86. The third kappa shape index (κ3) is 1.87. The summed E-state index contributed by atoms with van der Waals surface area (Å²) in [5.41, 5.74) is 1.90. The minimum Gasteiger partial charge on any atom is -0.497 e. The van der Waals surface area contributed by atoms with Crippen molar-refractivity contribution < 1.29 is 4.74 Å². The van der Waals surface area contributed by atoms with Crippen LogP contribution in [0.15, 0.2) is 23.5 Å². The molecule has 0 saturated carbocycles. The lowest BCUT2D eigenvalue weighted by Gasteiger charge is -2.42. The van der Waals surface area contributed by atoms with Crippen LogP contribution in [0, 0.1) is 10.8 Å². The van der Waals surface area contributed by atoms with Gasteiger partial charge in [-0.1, -0.05) is 33.8 Å². The molecule has 1 rings (SSSR count). The first kappa shape index (κ1) is 11.4. The highest BCUT2D eigenvalue weighted by Crippen LogP contribution is 2.47. The molecular weight excluding hydrogens is 172 g/mol. The Morgan fingerprint density at radius 2 is 1.93 bits per heavy atom. The van der Waals surface area contributed by atoms with Gasteiger partial charge in [0.2, 0.25) is 0 Å². The smallest absolute Gasteiger partial charge is 0.117 e. The molecule has 1 heteroatoms. The summed E-state index contributed by atoms with van der Waals surface area (Å²) in [6, 6.07) is 0. The van der Waals surface area contributed by atoms with E-state index in [9.17, 15) is 0 Å². The summed E-state index contributed by atoms with van der Waals surface area (Å²) in [5, 5.41) is 0. The summed E-state index contributed by atoms with van der Waals surface area (Å²) in [4.78, 5) is 0. The predicted octanol–water partition coefficient (Wildman–Crippen LogP) is 3.92. The Labute approximate surface area is 87.8 Å². The monoisotopic (exact) mass is 194 g/mol. The minimum atomic E-state index is 0.249. The number of hydrogen-bond acceptors (Lipinski definition) is 1. The van der Waals surface area contributed by atoms with Gasteiger partial charge in [-0.05, 0) is 35.8 Å². The highest BCUT2D eigenvalue weighted by molar-refractivity contribution is 5.28. The van der Waals surface area contributed by atoms with E-state index in [1.54, 1.807) is 7.11 Å². The number of ether oxygens (including phenoxy) is 1. The van der Waals surface area contributed by atoms with Gasteiger partial charge < -0.3 is 4.74 Å². The molecule has 0 N–H and O–H groups in total. The van der Waals surface area contributed by atoms with Gasteiger partial charge in [0.05, 0.1) is 7.11 Å². The Balaban J connectivity index is 2.96. The zero-order chi connectivity index (χ0) is 11.0. The van der Waals surface area contributed by atoms with Crippen molar-refractivity contribution in [3.05, 3.63) is 23.5 Å². The molecule has 1 aliphatic carbocycles. The van der Waals surface area contributed by atoms with Gasteiger partial charge in [0, 0.05) is 0 Å². The lowest BCUT2D eigenvalue weighted by Crippen LogP contribution is -2.32. The topological polar surface area (TPSA) is 9.23 Å². The first-order valence-corrected chi connectivity index (χ1v) is 5.23. The van der Waals surface area contributed by atoms with Crippen LogP contribution in [0.25, 0.3) is 0 Å². The van der Waals surface area contributed by atoms with Crippen LogP contribution in [0.3, 0.4) is 0 Å². The molecule has 0 aromatic rings. The molecule has 0 heterocycles. The van der Waals surface area contributed by atoms with Gasteiger partial charge in [-0.15, -0.1) is 0 Å².